The van der Waals surface area contributed by atoms with Crippen molar-refractivity contribution in [1.29, 1.82) is 0 Å². The highest BCUT2D eigenvalue weighted by atomic mass is 16.5. The van der Waals surface area contributed by atoms with Crippen molar-refractivity contribution in [3.63, 3.8) is 0 Å². The second-order valence-electron chi connectivity index (χ2n) is 15.7. The van der Waals surface area contributed by atoms with Crippen molar-refractivity contribution in [3.8, 4) is 0 Å². The topological polar surface area (TPSA) is 75.6 Å². The molecule has 6 atom stereocenters. The fourth-order valence-corrected chi connectivity index (χ4v) is 7.74. The number of aliphatic hydroxyl groups excluding tert-OH is 1. The van der Waals surface area contributed by atoms with Gasteiger partial charge in [0.2, 0.25) is 6.41 Å². The lowest BCUT2D eigenvalue weighted by atomic mass is 9.50. The van der Waals surface area contributed by atoms with Crippen LogP contribution in [0, 0.1) is 32.5 Å². The Kier molecular flexibility index (Phi) is 15.2. The third-order valence-corrected chi connectivity index (χ3v) is 12.4. The first-order valence-electron chi connectivity index (χ1n) is 16.7. The fraction of sp³-hybridized carbons (Fsp3) is 0.944. The van der Waals surface area contributed by atoms with E-state index < -0.39 is 6.10 Å². The summed E-state index contributed by atoms with van der Waals surface area (Å²) in [6.07, 6.45) is 8.91. The zero-order chi connectivity index (χ0) is 32.5. The average Bonchev–Trinajstić information content (AvgIpc) is 2.90. The number of rotatable bonds is 20. The van der Waals surface area contributed by atoms with Crippen molar-refractivity contribution in [3.05, 3.63) is 0 Å². The van der Waals surface area contributed by atoms with Gasteiger partial charge in [-0.05, 0) is 91.3 Å². The van der Waals surface area contributed by atoms with E-state index in [0.717, 1.165) is 64.2 Å². The lowest BCUT2D eigenvalue weighted by Crippen LogP contribution is -2.54. The van der Waals surface area contributed by atoms with E-state index in [0.29, 0.717) is 6.42 Å². The predicted molar refractivity (Wildman–Crippen MR) is 175 cm³/mol. The Labute approximate surface area is 255 Å². The molecule has 0 rings (SSSR count). The summed E-state index contributed by atoms with van der Waals surface area (Å²) < 4.78 is 6.11. The summed E-state index contributed by atoms with van der Waals surface area (Å²) in [5.41, 5.74) is -0.947. The highest BCUT2D eigenvalue weighted by Gasteiger charge is 2.55. The van der Waals surface area contributed by atoms with E-state index in [1.807, 2.05) is 0 Å². The molecule has 5 nitrogen and oxygen atoms in total. The van der Waals surface area contributed by atoms with Gasteiger partial charge in [-0.25, -0.2) is 0 Å². The van der Waals surface area contributed by atoms with Crippen LogP contribution in [0.4, 0.5) is 0 Å². The number of amides is 1. The number of esters is 1. The second kappa shape index (κ2) is 15.6. The molecule has 0 aromatic rings. The highest BCUT2D eigenvalue weighted by molar-refractivity contribution is 5.66. The molecule has 0 aliphatic rings. The van der Waals surface area contributed by atoms with Gasteiger partial charge in [-0.1, -0.05) is 96.9 Å². The van der Waals surface area contributed by atoms with Crippen molar-refractivity contribution < 1.29 is 19.4 Å². The first-order valence-corrected chi connectivity index (χ1v) is 16.7. The molecule has 0 aliphatic carbocycles. The largest absolute Gasteiger partial charge is 0.462 e. The van der Waals surface area contributed by atoms with E-state index in [-0.39, 0.29) is 50.6 Å². The van der Waals surface area contributed by atoms with Crippen molar-refractivity contribution in [2.45, 2.75) is 186 Å². The Balaban J connectivity index is 6.67. The molecule has 41 heavy (non-hydrogen) atoms. The van der Waals surface area contributed by atoms with Gasteiger partial charge in [0.05, 0.1) is 6.10 Å². The maximum Gasteiger partial charge on any atom is 0.302 e. The summed E-state index contributed by atoms with van der Waals surface area (Å²) in [4.78, 5) is 23.9. The van der Waals surface area contributed by atoms with Crippen LogP contribution in [0.1, 0.15) is 168 Å². The van der Waals surface area contributed by atoms with Crippen LogP contribution in [0.5, 0.6) is 0 Å². The molecule has 0 aromatic carbocycles. The van der Waals surface area contributed by atoms with Gasteiger partial charge in [-0.15, -0.1) is 0 Å². The minimum atomic E-state index is -0.521. The number of aliphatic hydroxyl groups is 1. The molecule has 0 radical (unpaired) electrons. The van der Waals surface area contributed by atoms with Crippen LogP contribution in [-0.4, -0.2) is 35.7 Å². The molecule has 0 spiro atoms. The van der Waals surface area contributed by atoms with E-state index in [1.165, 1.54) is 6.92 Å². The number of carbonyl (C=O) groups excluding carboxylic acids is 2. The molecule has 0 bridgehead atoms. The van der Waals surface area contributed by atoms with Gasteiger partial charge in [0, 0.05) is 18.4 Å². The lowest BCUT2D eigenvalue weighted by molar-refractivity contribution is -0.173. The van der Waals surface area contributed by atoms with Crippen molar-refractivity contribution in [2.24, 2.45) is 32.5 Å². The molecule has 0 aromatic heterocycles. The molecule has 1 amide bonds. The van der Waals surface area contributed by atoms with Crippen LogP contribution in [0.25, 0.3) is 0 Å². The molecular formula is C36H71NO4. The van der Waals surface area contributed by atoms with Gasteiger partial charge < -0.3 is 15.2 Å². The molecular weight excluding hydrogens is 510 g/mol. The standard InChI is InChI=1S/C36H71NO4/c1-16-32(11,12)28(37-26-38)22-23-36(20-5,21-6)34(14,18-3)29(40)24-33(13,17-2)35(15,19-4)30(41-27(7)39)25-31(8,9)10/h26,28-30,40H,16-25H2,1-15H3,(H,37,38). The van der Waals surface area contributed by atoms with Crippen LogP contribution in [0.2, 0.25) is 0 Å². The van der Waals surface area contributed by atoms with E-state index in [1.54, 1.807) is 0 Å². The van der Waals surface area contributed by atoms with Crippen molar-refractivity contribution in [1.82, 2.24) is 5.32 Å². The second-order valence-corrected chi connectivity index (χ2v) is 15.7. The Morgan fingerprint density at radius 2 is 1.29 bits per heavy atom. The van der Waals surface area contributed by atoms with E-state index in [2.05, 4.69) is 102 Å². The minimum absolute atomic E-state index is 0.000315. The van der Waals surface area contributed by atoms with Crippen LogP contribution in [0.15, 0.2) is 0 Å². The molecule has 6 unspecified atom stereocenters. The number of ether oxygens (including phenoxy) is 1. The first-order chi connectivity index (χ1) is 18.7. The highest BCUT2D eigenvalue weighted by Crippen LogP contribution is 2.59. The average molecular weight is 582 g/mol. The summed E-state index contributed by atoms with van der Waals surface area (Å²) in [5.74, 6) is -0.235. The van der Waals surface area contributed by atoms with Crippen LogP contribution < -0.4 is 5.32 Å². The minimum Gasteiger partial charge on any atom is -0.462 e. The van der Waals surface area contributed by atoms with Gasteiger partial charge in [0.25, 0.3) is 0 Å². The maximum absolute atomic E-state index is 12.4. The van der Waals surface area contributed by atoms with Crippen LogP contribution >= 0.6 is 0 Å². The zero-order valence-corrected chi connectivity index (χ0v) is 30.1. The maximum atomic E-state index is 12.4. The van der Waals surface area contributed by atoms with Gasteiger partial charge >= 0.3 is 5.97 Å². The number of carbonyl (C=O) groups is 2. The number of hydrogen-bond donors (Lipinski definition) is 2. The molecule has 0 saturated carbocycles. The summed E-state index contributed by atoms with van der Waals surface area (Å²) in [7, 11) is 0. The third kappa shape index (κ3) is 9.19. The monoisotopic (exact) mass is 582 g/mol. The zero-order valence-electron chi connectivity index (χ0n) is 30.1. The molecule has 0 fully saturated rings. The van der Waals surface area contributed by atoms with Crippen LogP contribution in [0.3, 0.4) is 0 Å². The summed E-state index contributed by atoms with van der Waals surface area (Å²) in [6, 6.07) is 0.0897. The Morgan fingerprint density at radius 1 is 0.780 bits per heavy atom. The predicted octanol–water partition coefficient (Wildman–Crippen LogP) is 9.49. The van der Waals surface area contributed by atoms with Gasteiger partial charge in [-0.3, -0.25) is 9.59 Å². The molecule has 0 heterocycles. The Bertz CT molecular complexity index is 798. The molecule has 5 heteroatoms. The lowest BCUT2D eigenvalue weighted by Gasteiger charge is -2.56. The summed E-state index contributed by atoms with van der Waals surface area (Å²) in [6.45, 7) is 32.9. The van der Waals surface area contributed by atoms with Crippen molar-refractivity contribution >= 4 is 12.4 Å². The smallest absolute Gasteiger partial charge is 0.302 e. The molecule has 244 valence electrons. The van der Waals surface area contributed by atoms with Gasteiger partial charge in [0.1, 0.15) is 6.10 Å². The van der Waals surface area contributed by atoms with Gasteiger partial charge in [0.15, 0.2) is 0 Å². The van der Waals surface area contributed by atoms with E-state index in [9.17, 15) is 14.7 Å². The quantitative estimate of drug-likeness (QED) is 0.111. The first kappa shape index (κ1) is 39.9. The summed E-state index contributed by atoms with van der Waals surface area (Å²) in [5, 5.41) is 15.5. The van der Waals surface area contributed by atoms with E-state index in [4.69, 9.17) is 4.74 Å². The normalized spacial score (nSPS) is 19.7. The van der Waals surface area contributed by atoms with Crippen LogP contribution in [-0.2, 0) is 14.3 Å². The van der Waals surface area contributed by atoms with Gasteiger partial charge in [-0.2, -0.15) is 0 Å². The van der Waals surface area contributed by atoms with Crippen molar-refractivity contribution in [2.75, 3.05) is 0 Å². The van der Waals surface area contributed by atoms with E-state index >= 15 is 0 Å². The molecule has 0 aliphatic heterocycles. The summed E-state index contributed by atoms with van der Waals surface area (Å²) >= 11 is 0. The SMILES string of the molecule is CCC(C)(C)C(CCC(CC)(CC)C(C)(CC)C(O)CC(C)(CC)C(C)(CC)C(CC(C)(C)C)OC(C)=O)NC=O. The molecule has 0 saturated heterocycles. The third-order valence-electron chi connectivity index (χ3n) is 12.4. The number of hydrogen-bond acceptors (Lipinski definition) is 4. The Morgan fingerprint density at radius 3 is 1.63 bits per heavy atom. The number of nitrogens with one attached hydrogen (secondary N) is 1. The Hall–Kier alpha value is -1.10. The fourth-order valence-electron chi connectivity index (χ4n) is 7.74. The molecule has 2 N–H and O–H groups in total.